The summed E-state index contributed by atoms with van der Waals surface area (Å²) in [5.41, 5.74) is 4.99. The van der Waals surface area contributed by atoms with Crippen molar-refractivity contribution >= 4 is 22.5 Å². The standard InChI is InChI=1S/C30H40N6O2/c1-18-12-19(2)33-28(38)23(18)16-31-27(37)22-13-25(20-14-29(3,4)35-30(5,6)15-20)34-26-24(22)17-32-36(26)21-10-8-7-9-11-21/h12-14,17,21,35H,7-11,15-16H2,1-6H3,(H,31,37)(H,33,38). The van der Waals surface area contributed by atoms with Gasteiger partial charge in [0.1, 0.15) is 0 Å². The van der Waals surface area contributed by atoms with E-state index < -0.39 is 0 Å². The molecule has 0 unspecified atom stereocenters. The summed E-state index contributed by atoms with van der Waals surface area (Å²) < 4.78 is 2.04. The van der Waals surface area contributed by atoms with E-state index in [1.54, 1.807) is 6.20 Å². The predicted molar refractivity (Wildman–Crippen MR) is 151 cm³/mol. The highest BCUT2D eigenvalue weighted by Gasteiger charge is 2.34. The van der Waals surface area contributed by atoms with Crippen molar-refractivity contribution in [1.29, 1.82) is 0 Å². The van der Waals surface area contributed by atoms with Crippen LogP contribution in [0.25, 0.3) is 16.6 Å². The Kier molecular flexibility index (Phi) is 6.80. The van der Waals surface area contributed by atoms with Gasteiger partial charge in [0.05, 0.1) is 28.9 Å². The minimum atomic E-state index is -0.228. The SMILES string of the molecule is Cc1cc(C)c(CNC(=O)c2cc(C3=CC(C)(C)NC(C)(C)C3)nc3c2cnn3C2CCCCC2)c(=O)[nH]1. The molecule has 0 atom stereocenters. The third-order valence-electron chi connectivity index (χ3n) is 7.81. The van der Waals surface area contributed by atoms with Crippen molar-refractivity contribution in [1.82, 2.24) is 30.4 Å². The number of nitrogens with one attached hydrogen (secondary N) is 3. The number of carbonyl (C=O) groups is 1. The second-order valence-corrected chi connectivity index (χ2v) is 12.4. The number of carbonyl (C=O) groups excluding carboxylic acids is 1. The van der Waals surface area contributed by atoms with Gasteiger partial charge in [-0.25, -0.2) is 9.67 Å². The molecule has 8 heteroatoms. The van der Waals surface area contributed by atoms with Crippen molar-refractivity contribution in [2.75, 3.05) is 0 Å². The first-order chi connectivity index (χ1) is 17.9. The first kappa shape index (κ1) is 26.4. The van der Waals surface area contributed by atoms with Gasteiger partial charge in [-0.3, -0.25) is 9.59 Å². The van der Waals surface area contributed by atoms with E-state index >= 15 is 0 Å². The monoisotopic (exact) mass is 516 g/mol. The molecule has 4 heterocycles. The second-order valence-electron chi connectivity index (χ2n) is 12.4. The molecule has 38 heavy (non-hydrogen) atoms. The van der Waals surface area contributed by atoms with Gasteiger partial charge in [0.15, 0.2) is 5.65 Å². The highest BCUT2D eigenvalue weighted by molar-refractivity contribution is 6.06. The number of hydrogen-bond acceptors (Lipinski definition) is 5. The summed E-state index contributed by atoms with van der Waals surface area (Å²) in [5.74, 6) is -0.228. The second kappa shape index (κ2) is 9.80. The zero-order chi connectivity index (χ0) is 27.2. The first-order valence-electron chi connectivity index (χ1n) is 13.8. The molecule has 1 amide bonds. The highest BCUT2D eigenvalue weighted by atomic mass is 16.1. The molecule has 8 nitrogen and oxygen atoms in total. The van der Waals surface area contributed by atoms with Gasteiger partial charge in [-0.05, 0) is 84.1 Å². The fraction of sp³-hybridized carbons (Fsp3) is 0.533. The lowest BCUT2D eigenvalue weighted by atomic mass is 9.82. The zero-order valence-corrected chi connectivity index (χ0v) is 23.5. The van der Waals surface area contributed by atoms with E-state index in [1.807, 2.05) is 30.7 Å². The van der Waals surface area contributed by atoms with Crippen LogP contribution in [0.1, 0.15) is 105 Å². The molecule has 3 aromatic heterocycles. The maximum atomic E-state index is 13.7. The van der Waals surface area contributed by atoms with E-state index in [9.17, 15) is 9.59 Å². The van der Waals surface area contributed by atoms with Crippen LogP contribution in [0, 0.1) is 13.8 Å². The molecule has 0 saturated heterocycles. The van der Waals surface area contributed by atoms with Crippen molar-refractivity contribution in [2.24, 2.45) is 0 Å². The molecule has 0 spiro atoms. The Morgan fingerprint density at radius 1 is 1.13 bits per heavy atom. The van der Waals surface area contributed by atoms with Crippen LogP contribution in [-0.2, 0) is 6.54 Å². The highest BCUT2D eigenvalue weighted by Crippen LogP contribution is 2.36. The largest absolute Gasteiger partial charge is 0.348 e. The van der Waals surface area contributed by atoms with Crippen molar-refractivity contribution < 1.29 is 4.79 Å². The molecule has 5 rings (SSSR count). The van der Waals surface area contributed by atoms with E-state index in [2.05, 4.69) is 49.4 Å². The van der Waals surface area contributed by atoms with Gasteiger partial charge in [-0.1, -0.05) is 25.3 Å². The Bertz CT molecular complexity index is 1470. The molecule has 1 saturated carbocycles. The van der Waals surface area contributed by atoms with Crippen LogP contribution in [-0.4, -0.2) is 36.7 Å². The average molecular weight is 517 g/mol. The van der Waals surface area contributed by atoms with E-state index in [0.717, 1.165) is 52.8 Å². The number of pyridine rings is 2. The summed E-state index contributed by atoms with van der Waals surface area (Å²) in [7, 11) is 0. The Hall–Kier alpha value is -3.26. The Morgan fingerprint density at radius 2 is 1.87 bits per heavy atom. The summed E-state index contributed by atoms with van der Waals surface area (Å²) in [6.45, 7) is 12.6. The molecular formula is C30H40N6O2. The lowest BCUT2D eigenvalue weighted by molar-refractivity contribution is 0.0952. The number of nitrogens with zero attached hydrogens (tertiary/aromatic N) is 3. The van der Waals surface area contributed by atoms with Crippen LogP contribution >= 0.6 is 0 Å². The summed E-state index contributed by atoms with van der Waals surface area (Å²) in [6, 6.07) is 4.12. The molecule has 202 valence electrons. The molecule has 0 aromatic carbocycles. The third-order valence-corrected chi connectivity index (χ3v) is 7.81. The molecule has 1 aliphatic carbocycles. The number of hydrogen-bond donors (Lipinski definition) is 3. The molecular weight excluding hydrogens is 476 g/mol. The number of rotatable bonds is 5. The molecule has 1 fully saturated rings. The van der Waals surface area contributed by atoms with Crippen molar-refractivity contribution in [3.8, 4) is 0 Å². The van der Waals surface area contributed by atoms with E-state index in [4.69, 9.17) is 10.1 Å². The molecule has 3 N–H and O–H groups in total. The molecule has 2 aliphatic rings. The number of aromatic amines is 1. The van der Waals surface area contributed by atoms with E-state index in [-0.39, 0.29) is 29.1 Å². The number of fused-ring (bicyclic) bond motifs is 1. The number of H-pyrrole nitrogens is 1. The number of aryl methyl sites for hydroxylation is 2. The molecule has 0 bridgehead atoms. The Labute approximate surface area is 224 Å². The summed E-state index contributed by atoms with van der Waals surface area (Å²) in [5, 5.41) is 12.2. The van der Waals surface area contributed by atoms with Crippen LogP contribution in [0.5, 0.6) is 0 Å². The van der Waals surface area contributed by atoms with Gasteiger partial charge in [-0.2, -0.15) is 5.10 Å². The zero-order valence-electron chi connectivity index (χ0n) is 23.5. The summed E-state index contributed by atoms with van der Waals surface area (Å²) >= 11 is 0. The quantitative estimate of drug-likeness (QED) is 0.437. The van der Waals surface area contributed by atoms with Gasteiger partial charge in [0.25, 0.3) is 11.5 Å². The Balaban J connectivity index is 1.57. The van der Waals surface area contributed by atoms with Gasteiger partial charge in [0, 0.05) is 28.9 Å². The normalized spacial score (nSPS) is 19.4. The van der Waals surface area contributed by atoms with Gasteiger partial charge < -0.3 is 15.6 Å². The van der Waals surface area contributed by atoms with Crippen molar-refractivity contribution in [3.63, 3.8) is 0 Å². The lowest BCUT2D eigenvalue weighted by Gasteiger charge is -2.41. The summed E-state index contributed by atoms with van der Waals surface area (Å²) in [4.78, 5) is 34.2. The molecule has 3 aromatic rings. The van der Waals surface area contributed by atoms with Crippen LogP contribution in [0.3, 0.4) is 0 Å². The first-order valence-corrected chi connectivity index (χ1v) is 13.8. The maximum absolute atomic E-state index is 13.7. The van der Waals surface area contributed by atoms with E-state index in [1.165, 1.54) is 19.3 Å². The molecule has 1 aliphatic heterocycles. The molecule has 0 radical (unpaired) electrons. The number of amides is 1. The fourth-order valence-electron chi connectivity index (χ4n) is 6.41. The number of aromatic nitrogens is 4. The third kappa shape index (κ3) is 5.32. The minimum absolute atomic E-state index is 0.111. The van der Waals surface area contributed by atoms with Gasteiger partial charge in [-0.15, -0.1) is 0 Å². The smallest absolute Gasteiger partial charge is 0.253 e. The van der Waals surface area contributed by atoms with Crippen molar-refractivity contribution in [2.45, 2.75) is 104 Å². The Morgan fingerprint density at radius 3 is 2.55 bits per heavy atom. The van der Waals surface area contributed by atoms with Crippen LogP contribution < -0.4 is 16.2 Å². The topological polar surface area (TPSA) is 105 Å². The van der Waals surface area contributed by atoms with Crippen LogP contribution in [0.4, 0.5) is 0 Å². The summed E-state index contributed by atoms with van der Waals surface area (Å²) in [6.07, 6.45) is 10.6. The average Bonchev–Trinajstić information content (AvgIpc) is 3.25. The van der Waals surface area contributed by atoms with Crippen LogP contribution in [0.15, 0.2) is 29.2 Å². The fourth-order valence-corrected chi connectivity index (χ4v) is 6.41. The van der Waals surface area contributed by atoms with Crippen LogP contribution in [0.2, 0.25) is 0 Å². The van der Waals surface area contributed by atoms with Crippen molar-refractivity contribution in [3.05, 3.63) is 62.8 Å². The maximum Gasteiger partial charge on any atom is 0.253 e. The minimum Gasteiger partial charge on any atom is -0.348 e. The lowest BCUT2D eigenvalue weighted by Crippen LogP contribution is -2.53. The van der Waals surface area contributed by atoms with E-state index in [0.29, 0.717) is 17.2 Å². The predicted octanol–water partition coefficient (Wildman–Crippen LogP) is 5.11. The van der Waals surface area contributed by atoms with Gasteiger partial charge >= 0.3 is 0 Å². The van der Waals surface area contributed by atoms with Gasteiger partial charge in [0.2, 0.25) is 0 Å².